The standard InChI is InChI=1S/C19H25N5O2S2/c1-22(2)28(25,26)18-5-3-4-17(14-18)21-19(27)24-12-10-23(11-13-24)15-16-6-8-20-9-7-16/h3-9,14H,10-13,15H2,1-2H3,(H,21,27). The van der Waals surface area contributed by atoms with Crippen molar-refractivity contribution in [3.8, 4) is 0 Å². The Morgan fingerprint density at radius 3 is 2.46 bits per heavy atom. The van der Waals surface area contributed by atoms with E-state index in [4.69, 9.17) is 12.2 Å². The van der Waals surface area contributed by atoms with E-state index >= 15 is 0 Å². The second-order valence-electron chi connectivity index (χ2n) is 6.86. The van der Waals surface area contributed by atoms with E-state index in [2.05, 4.69) is 20.1 Å². The van der Waals surface area contributed by atoms with E-state index in [0.29, 0.717) is 10.8 Å². The molecular weight excluding hydrogens is 394 g/mol. The average Bonchev–Trinajstić information content (AvgIpc) is 2.69. The zero-order valence-electron chi connectivity index (χ0n) is 16.1. The van der Waals surface area contributed by atoms with Crippen LogP contribution >= 0.6 is 12.2 Å². The number of rotatable bonds is 5. The fourth-order valence-corrected chi connectivity index (χ4v) is 4.25. The summed E-state index contributed by atoms with van der Waals surface area (Å²) in [5.74, 6) is 0. The van der Waals surface area contributed by atoms with Crippen molar-refractivity contribution in [1.29, 1.82) is 0 Å². The number of hydrogen-bond acceptors (Lipinski definition) is 5. The first-order valence-electron chi connectivity index (χ1n) is 9.06. The average molecular weight is 420 g/mol. The molecule has 7 nitrogen and oxygen atoms in total. The summed E-state index contributed by atoms with van der Waals surface area (Å²) in [6, 6.07) is 10.8. The summed E-state index contributed by atoms with van der Waals surface area (Å²) in [5.41, 5.74) is 1.93. The molecule has 2 heterocycles. The normalized spacial score (nSPS) is 15.6. The van der Waals surface area contributed by atoms with Gasteiger partial charge in [0.15, 0.2) is 5.11 Å². The maximum absolute atomic E-state index is 12.3. The van der Waals surface area contributed by atoms with Crippen molar-refractivity contribution in [3.05, 3.63) is 54.4 Å². The molecule has 2 aromatic rings. The van der Waals surface area contributed by atoms with Crippen LogP contribution < -0.4 is 5.32 Å². The minimum atomic E-state index is -3.47. The van der Waals surface area contributed by atoms with Crippen LogP contribution in [-0.4, -0.2) is 72.9 Å². The number of pyridine rings is 1. The lowest BCUT2D eigenvalue weighted by Crippen LogP contribution is -2.49. The Balaban J connectivity index is 1.56. The van der Waals surface area contributed by atoms with Crippen molar-refractivity contribution in [1.82, 2.24) is 19.1 Å². The minimum absolute atomic E-state index is 0.243. The summed E-state index contributed by atoms with van der Waals surface area (Å²) in [7, 11) is -0.433. The SMILES string of the molecule is CN(C)S(=O)(=O)c1cccc(NC(=S)N2CCN(Cc3ccncc3)CC2)c1. The van der Waals surface area contributed by atoms with Gasteiger partial charge in [-0.25, -0.2) is 12.7 Å². The summed E-state index contributed by atoms with van der Waals surface area (Å²) in [5, 5.41) is 3.79. The highest BCUT2D eigenvalue weighted by atomic mass is 32.2. The van der Waals surface area contributed by atoms with Crippen molar-refractivity contribution in [2.45, 2.75) is 11.4 Å². The summed E-state index contributed by atoms with van der Waals surface area (Å²) in [6.07, 6.45) is 3.63. The molecule has 0 unspecified atom stereocenters. The third-order valence-corrected chi connectivity index (χ3v) is 6.85. The smallest absolute Gasteiger partial charge is 0.242 e. The molecule has 1 aliphatic rings. The molecule has 3 rings (SSSR count). The summed E-state index contributed by atoms with van der Waals surface area (Å²) < 4.78 is 25.8. The van der Waals surface area contributed by atoms with Gasteiger partial charge in [0, 0.05) is 64.9 Å². The van der Waals surface area contributed by atoms with E-state index in [1.807, 2.05) is 30.6 Å². The molecule has 0 atom stereocenters. The lowest BCUT2D eigenvalue weighted by atomic mass is 10.2. The predicted molar refractivity (Wildman–Crippen MR) is 115 cm³/mol. The second-order valence-corrected chi connectivity index (χ2v) is 9.40. The summed E-state index contributed by atoms with van der Waals surface area (Å²) in [4.78, 5) is 8.80. The number of anilines is 1. The molecule has 1 aromatic carbocycles. The number of piperazine rings is 1. The molecule has 1 N–H and O–H groups in total. The molecule has 0 saturated carbocycles. The van der Waals surface area contributed by atoms with Crippen molar-refractivity contribution < 1.29 is 8.42 Å². The number of sulfonamides is 1. The molecule has 0 aliphatic carbocycles. The fourth-order valence-electron chi connectivity index (χ4n) is 3.00. The van der Waals surface area contributed by atoms with Crippen LogP contribution in [0.1, 0.15) is 5.56 Å². The Morgan fingerprint density at radius 1 is 1.14 bits per heavy atom. The summed E-state index contributed by atoms with van der Waals surface area (Å²) >= 11 is 5.54. The number of benzene rings is 1. The van der Waals surface area contributed by atoms with Crippen molar-refractivity contribution >= 4 is 33.0 Å². The van der Waals surface area contributed by atoms with Crippen LogP contribution in [0, 0.1) is 0 Å². The molecule has 9 heteroatoms. The first kappa shape index (κ1) is 20.7. The Labute approximate surface area is 172 Å². The van der Waals surface area contributed by atoms with Crippen molar-refractivity contribution in [3.63, 3.8) is 0 Å². The van der Waals surface area contributed by atoms with E-state index in [-0.39, 0.29) is 4.90 Å². The van der Waals surface area contributed by atoms with Crippen LogP contribution in [0.3, 0.4) is 0 Å². The zero-order chi connectivity index (χ0) is 20.1. The van der Waals surface area contributed by atoms with E-state index in [0.717, 1.165) is 32.7 Å². The van der Waals surface area contributed by atoms with Crippen LogP contribution in [0.2, 0.25) is 0 Å². The molecule has 150 valence electrons. The first-order chi connectivity index (χ1) is 13.4. The van der Waals surface area contributed by atoms with Crippen LogP contribution in [0.25, 0.3) is 0 Å². The molecule has 1 aliphatic heterocycles. The third-order valence-electron chi connectivity index (χ3n) is 4.68. The lowest BCUT2D eigenvalue weighted by molar-refractivity contribution is 0.177. The van der Waals surface area contributed by atoms with E-state index in [1.165, 1.54) is 24.0 Å². The fraction of sp³-hybridized carbons (Fsp3) is 0.368. The molecule has 28 heavy (non-hydrogen) atoms. The summed E-state index contributed by atoms with van der Waals surface area (Å²) in [6.45, 7) is 4.39. The number of hydrogen-bond donors (Lipinski definition) is 1. The van der Waals surface area contributed by atoms with E-state index in [9.17, 15) is 8.42 Å². The number of aromatic nitrogens is 1. The number of nitrogens with zero attached hydrogens (tertiary/aromatic N) is 4. The third kappa shape index (κ3) is 5.05. The molecular formula is C19H25N5O2S2. The van der Waals surface area contributed by atoms with Crippen molar-refractivity contribution in [2.75, 3.05) is 45.6 Å². The lowest BCUT2D eigenvalue weighted by Gasteiger charge is -2.36. The van der Waals surface area contributed by atoms with Gasteiger partial charge in [0.05, 0.1) is 4.90 Å². The minimum Gasteiger partial charge on any atom is -0.346 e. The van der Waals surface area contributed by atoms with Crippen LogP contribution in [-0.2, 0) is 16.6 Å². The molecule has 1 saturated heterocycles. The largest absolute Gasteiger partial charge is 0.346 e. The Kier molecular flexibility index (Phi) is 6.61. The van der Waals surface area contributed by atoms with E-state index in [1.54, 1.807) is 18.2 Å². The maximum Gasteiger partial charge on any atom is 0.242 e. The van der Waals surface area contributed by atoms with Crippen LogP contribution in [0.4, 0.5) is 5.69 Å². The van der Waals surface area contributed by atoms with Gasteiger partial charge >= 0.3 is 0 Å². The number of thiocarbonyl (C=S) groups is 1. The van der Waals surface area contributed by atoms with Gasteiger partial charge in [-0.2, -0.15) is 0 Å². The van der Waals surface area contributed by atoms with Crippen LogP contribution in [0.15, 0.2) is 53.7 Å². The second kappa shape index (κ2) is 8.95. The van der Waals surface area contributed by atoms with Crippen LogP contribution in [0.5, 0.6) is 0 Å². The van der Waals surface area contributed by atoms with Gasteiger partial charge < -0.3 is 10.2 Å². The Hall–Kier alpha value is -2.07. The van der Waals surface area contributed by atoms with Gasteiger partial charge in [-0.3, -0.25) is 9.88 Å². The van der Waals surface area contributed by atoms with Gasteiger partial charge in [-0.05, 0) is 48.1 Å². The highest BCUT2D eigenvalue weighted by Gasteiger charge is 2.20. The predicted octanol–water partition coefficient (Wildman–Crippen LogP) is 1.85. The Morgan fingerprint density at radius 2 is 1.82 bits per heavy atom. The van der Waals surface area contributed by atoms with Gasteiger partial charge in [0.1, 0.15) is 0 Å². The quantitative estimate of drug-likeness (QED) is 0.742. The Bertz CT molecular complexity index is 911. The molecule has 0 spiro atoms. The molecule has 1 fully saturated rings. The molecule has 0 amide bonds. The zero-order valence-corrected chi connectivity index (χ0v) is 17.7. The first-order valence-corrected chi connectivity index (χ1v) is 10.9. The maximum atomic E-state index is 12.3. The van der Waals surface area contributed by atoms with Gasteiger partial charge in [-0.15, -0.1) is 0 Å². The van der Waals surface area contributed by atoms with Gasteiger partial charge in [0.2, 0.25) is 10.0 Å². The monoisotopic (exact) mass is 419 g/mol. The highest BCUT2D eigenvalue weighted by molar-refractivity contribution is 7.89. The molecule has 1 aromatic heterocycles. The highest BCUT2D eigenvalue weighted by Crippen LogP contribution is 2.19. The van der Waals surface area contributed by atoms with Gasteiger partial charge in [-0.1, -0.05) is 6.07 Å². The van der Waals surface area contributed by atoms with E-state index < -0.39 is 10.0 Å². The molecule has 0 radical (unpaired) electrons. The number of nitrogens with one attached hydrogen (secondary N) is 1. The van der Waals surface area contributed by atoms with Crippen molar-refractivity contribution in [2.24, 2.45) is 0 Å². The molecule has 0 bridgehead atoms. The topological polar surface area (TPSA) is 68.8 Å². The van der Waals surface area contributed by atoms with Gasteiger partial charge in [0.25, 0.3) is 0 Å².